The van der Waals surface area contributed by atoms with E-state index in [2.05, 4.69) is 6.58 Å². The summed E-state index contributed by atoms with van der Waals surface area (Å²) in [6.07, 6.45) is -0.479. The maximum Gasteiger partial charge on any atom is 0.269 e. The Morgan fingerprint density at radius 2 is 1.33 bits per heavy atom. The summed E-state index contributed by atoms with van der Waals surface area (Å²) < 4.78 is 17.8. The molecular weight excluding hydrogens is 396 g/mol. The molecule has 158 valence electrons. The Kier molecular flexibility index (Phi) is 6.60. The molecule has 4 atom stereocenters. The second kappa shape index (κ2) is 9.33. The Balaban J connectivity index is 1.83. The number of nitro groups is 2. The van der Waals surface area contributed by atoms with Gasteiger partial charge in [0.25, 0.3) is 11.4 Å². The van der Waals surface area contributed by atoms with Gasteiger partial charge in [-0.2, -0.15) is 0 Å². The number of nitro benzene ring substituents is 2. The van der Waals surface area contributed by atoms with Crippen LogP contribution in [0.5, 0.6) is 11.5 Å². The maximum atomic E-state index is 10.8. The van der Waals surface area contributed by atoms with Gasteiger partial charge in [-0.1, -0.05) is 6.08 Å². The van der Waals surface area contributed by atoms with E-state index in [1.165, 1.54) is 48.5 Å². The zero-order chi connectivity index (χ0) is 21.7. The van der Waals surface area contributed by atoms with E-state index < -0.39 is 34.3 Å². The monoisotopic (exact) mass is 416 g/mol. The number of non-ortho nitro benzene ring substituents is 2. The van der Waals surface area contributed by atoms with Crippen LogP contribution in [0.4, 0.5) is 11.4 Å². The number of nitrogens with zero attached hydrogens (tertiary/aromatic N) is 2. The van der Waals surface area contributed by atoms with Gasteiger partial charge in [0.1, 0.15) is 23.7 Å². The van der Waals surface area contributed by atoms with Crippen LogP contribution in [-0.4, -0.2) is 46.0 Å². The summed E-state index contributed by atoms with van der Waals surface area (Å²) in [6.45, 7) is 3.38. The van der Waals surface area contributed by atoms with Gasteiger partial charge in [0.2, 0.25) is 0 Å². The lowest BCUT2D eigenvalue weighted by atomic mass is 10.0. The molecule has 1 aliphatic rings. The number of hydrogen-bond donors (Lipinski definition) is 1. The molecule has 30 heavy (non-hydrogen) atoms. The highest BCUT2D eigenvalue weighted by Crippen LogP contribution is 2.32. The molecule has 1 heterocycles. The summed E-state index contributed by atoms with van der Waals surface area (Å²) in [4.78, 5) is 20.6. The SMILES string of the molecule is C=CCC1OC(CO)C(Oc2ccc([N+](=O)[O-])cc2)C1Oc1ccc([N+](=O)[O-])cc1. The van der Waals surface area contributed by atoms with Crippen LogP contribution in [0.2, 0.25) is 0 Å². The lowest BCUT2D eigenvalue weighted by Crippen LogP contribution is -2.42. The van der Waals surface area contributed by atoms with Crippen LogP contribution in [0.15, 0.2) is 61.2 Å². The second-order valence-corrected chi connectivity index (χ2v) is 6.59. The third-order valence-electron chi connectivity index (χ3n) is 4.62. The number of aliphatic hydroxyl groups is 1. The van der Waals surface area contributed by atoms with Crippen molar-refractivity contribution in [3.63, 3.8) is 0 Å². The van der Waals surface area contributed by atoms with Crippen LogP contribution >= 0.6 is 0 Å². The summed E-state index contributed by atoms with van der Waals surface area (Å²) in [5.41, 5.74) is -0.147. The first kappa shape index (κ1) is 21.2. The molecule has 0 saturated carbocycles. The third-order valence-corrected chi connectivity index (χ3v) is 4.62. The lowest BCUT2D eigenvalue weighted by Gasteiger charge is -2.25. The number of rotatable bonds is 9. The summed E-state index contributed by atoms with van der Waals surface area (Å²) in [6, 6.07) is 11.1. The Labute approximate surface area is 171 Å². The largest absolute Gasteiger partial charge is 0.484 e. The van der Waals surface area contributed by atoms with Gasteiger partial charge < -0.3 is 19.3 Å². The standard InChI is InChI=1S/C20H20N2O8/c1-2-3-17-19(28-15-8-4-13(5-9-15)21(24)25)20(18(12-23)30-17)29-16-10-6-14(7-11-16)22(26)27/h2,4-11,17-20,23H,1,3,12H2. The van der Waals surface area contributed by atoms with E-state index in [0.29, 0.717) is 17.9 Å². The molecule has 1 fully saturated rings. The Morgan fingerprint density at radius 3 is 1.70 bits per heavy atom. The number of ether oxygens (including phenoxy) is 3. The van der Waals surface area contributed by atoms with Crippen LogP contribution in [-0.2, 0) is 4.74 Å². The fourth-order valence-electron chi connectivity index (χ4n) is 3.20. The first-order valence-corrected chi connectivity index (χ1v) is 9.12. The molecule has 0 aromatic heterocycles. The average Bonchev–Trinajstić information content (AvgIpc) is 3.05. The second-order valence-electron chi connectivity index (χ2n) is 6.59. The van der Waals surface area contributed by atoms with Crippen molar-refractivity contribution >= 4 is 11.4 Å². The van der Waals surface area contributed by atoms with Gasteiger partial charge in [0.05, 0.1) is 16.5 Å². The van der Waals surface area contributed by atoms with E-state index in [4.69, 9.17) is 14.2 Å². The highest BCUT2D eigenvalue weighted by atomic mass is 16.6. The van der Waals surface area contributed by atoms with Crippen molar-refractivity contribution in [2.24, 2.45) is 0 Å². The molecule has 0 radical (unpaired) electrons. The highest BCUT2D eigenvalue weighted by Gasteiger charge is 2.47. The molecular formula is C20H20N2O8. The summed E-state index contributed by atoms with van der Waals surface area (Å²) >= 11 is 0. The van der Waals surface area contributed by atoms with E-state index in [1.807, 2.05) is 0 Å². The fourth-order valence-corrected chi connectivity index (χ4v) is 3.20. The number of benzene rings is 2. The van der Waals surface area contributed by atoms with Crippen molar-refractivity contribution in [2.45, 2.75) is 30.8 Å². The van der Waals surface area contributed by atoms with Gasteiger partial charge in [0.15, 0.2) is 12.2 Å². The molecule has 4 unspecified atom stereocenters. The van der Waals surface area contributed by atoms with Gasteiger partial charge in [-0.15, -0.1) is 6.58 Å². The Bertz CT molecular complexity index is 900. The zero-order valence-electron chi connectivity index (χ0n) is 15.8. The highest BCUT2D eigenvalue weighted by molar-refractivity contribution is 5.37. The van der Waals surface area contributed by atoms with Crippen molar-refractivity contribution in [1.29, 1.82) is 0 Å². The number of aliphatic hydroxyl groups excluding tert-OH is 1. The van der Waals surface area contributed by atoms with E-state index in [0.717, 1.165) is 0 Å². The predicted octanol–water partition coefficient (Wildman–Crippen LogP) is 3.03. The maximum absolute atomic E-state index is 10.8. The lowest BCUT2D eigenvalue weighted by molar-refractivity contribution is -0.385. The van der Waals surface area contributed by atoms with Crippen molar-refractivity contribution in [3.05, 3.63) is 81.4 Å². The van der Waals surface area contributed by atoms with Gasteiger partial charge in [-0.25, -0.2) is 0 Å². The molecule has 1 N–H and O–H groups in total. The fraction of sp³-hybridized carbons (Fsp3) is 0.300. The molecule has 2 aromatic carbocycles. The molecule has 10 heteroatoms. The normalized spacial score (nSPS) is 23.0. The van der Waals surface area contributed by atoms with E-state index in [9.17, 15) is 25.3 Å². The molecule has 10 nitrogen and oxygen atoms in total. The minimum atomic E-state index is -0.725. The van der Waals surface area contributed by atoms with Gasteiger partial charge in [-0.3, -0.25) is 20.2 Å². The van der Waals surface area contributed by atoms with E-state index in [1.54, 1.807) is 6.08 Å². The molecule has 0 aliphatic carbocycles. The van der Waals surface area contributed by atoms with Crippen LogP contribution in [0.25, 0.3) is 0 Å². The molecule has 1 saturated heterocycles. The van der Waals surface area contributed by atoms with Crippen LogP contribution in [0.3, 0.4) is 0 Å². The zero-order valence-corrected chi connectivity index (χ0v) is 15.8. The third kappa shape index (κ3) is 4.73. The topological polar surface area (TPSA) is 134 Å². The quantitative estimate of drug-likeness (QED) is 0.374. The smallest absolute Gasteiger partial charge is 0.269 e. The van der Waals surface area contributed by atoms with Gasteiger partial charge in [0, 0.05) is 24.3 Å². The molecule has 0 bridgehead atoms. The van der Waals surface area contributed by atoms with Gasteiger partial charge >= 0.3 is 0 Å². The van der Waals surface area contributed by atoms with Crippen molar-refractivity contribution in [1.82, 2.24) is 0 Å². The average molecular weight is 416 g/mol. The first-order valence-electron chi connectivity index (χ1n) is 9.12. The van der Waals surface area contributed by atoms with Crippen molar-refractivity contribution in [2.75, 3.05) is 6.61 Å². The summed E-state index contributed by atoms with van der Waals surface area (Å²) in [5.74, 6) is 0.725. The predicted molar refractivity (Wildman–Crippen MR) is 106 cm³/mol. The van der Waals surface area contributed by atoms with Crippen LogP contribution < -0.4 is 9.47 Å². The van der Waals surface area contributed by atoms with Crippen LogP contribution in [0, 0.1) is 20.2 Å². The number of hydrogen-bond acceptors (Lipinski definition) is 8. The molecule has 0 spiro atoms. The molecule has 1 aliphatic heterocycles. The molecule has 2 aromatic rings. The molecule has 3 rings (SSSR count). The van der Waals surface area contributed by atoms with Crippen LogP contribution in [0.1, 0.15) is 6.42 Å². The minimum absolute atomic E-state index is 0.0698. The summed E-state index contributed by atoms with van der Waals surface area (Å²) in [7, 11) is 0. The van der Waals surface area contributed by atoms with Crippen molar-refractivity contribution < 1.29 is 29.2 Å². The Hall–Kier alpha value is -3.50. The Morgan fingerprint density at radius 1 is 0.900 bits per heavy atom. The minimum Gasteiger partial charge on any atom is -0.484 e. The van der Waals surface area contributed by atoms with E-state index in [-0.39, 0.29) is 18.0 Å². The summed E-state index contributed by atoms with van der Waals surface area (Å²) in [5, 5.41) is 31.4. The molecule has 0 amide bonds. The van der Waals surface area contributed by atoms with E-state index >= 15 is 0 Å². The first-order chi connectivity index (χ1) is 14.4. The van der Waals surface area contributed by atoms with Crippen molar-refractivity contribution in [3.8, 4) is 11.5 Å². The van der Waals surface area contributed by atoms with Gasteiger partial charge in [-0.05, 0) is 30.7 Å².